The Morgan fingerprint density at radius 1 is 0.579 bits per heavy atom. The van der Waals surface area contributed by atoms with Crippen molar-refractivity contribution >= 4 is 61.6 Å². The Morgan fingerprint density at radius 2 is 1.05 bits per heavy atom. The Kier molecular flexibility index (Phi) is 11.7. The molecular weight excluding hydrogens is 886 g/mol. The van der Waals surface area contributed by atoms with Crippen LogP contribution in [0.4, 0.5) is 50.8 Å². The molecule has 1 N–H and O–H groups in total. The molecule has 294 valence electrons. The van der Waals surface area contributed by atoms with Gasteiger partial charge in [0.25, 0.3) is 0 Å². The largest absolute Gasteiger partial charge is 0.416 e. The smallest absolute Gasteiger partial charge is 0.397 e. The number of anilines is 2. The standard InChI is InChI=1S/C43H31BBr2F9N2/c1-24-7-5-8-25(2)39(24)56-36-23-35(29-14-18-32(46)19-15-29)57(40-26(3)9-6-10-27(40)4)37(20-13-28-11-16-31(45)17-12-28)44(36)38-33(42(50,51)52)21-30(41(47,48)49)22-34(38)43(53,54)55/h5-23H,1-4H3/q-1/p+1/b20-13+. The topological polar surface area (TPSA) is 15.9 Å². The molecule has 0 spiro atoms. The lowest BCUT2D eigenvalue weighted by Crippen LogP contribution is -2.43. The molecule has 0 aliphatic heterocycles. The van der Waals surface area contributed by atoms with Crippen LogP contribution >= 0.6 is 31.9 Å². The molecule has 0 bridgehead atoms. The van der Waals surface area contributed by atoms with Crippen LogP contribution < -0.4 is 9.88 Å². The fourth-order valence-corrected chi connectivity index (χ4v) is 7.58. The van der Waals surface area contributed by atoms with Crippen molar-refractivity contribution in [3.05, 3.63) is 162 Å². The number of nitrogens with one attached hydrogen (secondary N) is 1. The predicted octanol–water partition coefficient (Wildman–Crippen LogP) is 14.4. The zero-order valence-electron chi connectivity index (χ0n) is 30.7. The summed E-state index contributed by atoms with van der Waals surface area (Å²) in [5, 5.41) is 3.20. The Labute approximate surface area is 340 Å². The van der Waals surface area contributed by atoms with E-state index in [4.69, 9.17) is 0 Å². The van der Waals surface area contributed by atoms with E-state index >= 15 is 26.3 Å². The van der Waals surface area contributed by atoms with Gasteiger partial charge in [0.1, 0.15) is 0 Å². The summed E-state index contributed by atoms with van der Waals surface area (Å²) in [6, 6.07) is 25.4. The molecule has 2 nitrogen and oxygen atoms in total. The van der Waals surface area contributed by atoms with Gasteiger partial charge in [-0.2, -0.15) is 49.5 Å². The Bertz CT molecular complexity index is 2430. The third-order valence-corrected chi connectivity index (χ3v) is 10.7. The number of alkyl halides is 9. The zero-order chi connectivity index (χ0) is 41.6. The van der Waals surface area contributed by atoms with Crippen LogP contribution in [0.5, 0.6) is 0 Å². The maximum absolute atomic E-state index is 15.3. The third kappa shape index (κ3) is 8.92. The van der Waals surface area contributed by atoms with Gasteiger partial charge < -0.3 is 5.32 Å². The number of rotatable bonds is 7. The fourth-order valence-electron chi connectivity index (χ4n) is 7.05. The molecule has 6 rings (SSSR count). The molecule has 0 aliphatic carbocycles. The second-order valence-corrected chi connectivity index (χ2v) is 15.5. The van der Waals surface area contributed by atoms with Crippen molar-refractivity contribution in [2.75, 3.05) is 5.32 Å². The molecule has 0 amide bonds. The number of para-hydroxylation sites is 2. The number of nitrogens with zero attached hydrogens (tertiary/aromatic N) is 1. The van der Waals surface area contributed by atoms with Crippen molar-refractivity contribution in [1.29, 1.82) is 0 Å². The van der Waals surface area contributed by atoms with Gasteiger partial charge in [-0.05, 0) is 105 Å². The van der Waals surface area contributed by atoms with Gasteiger partial charge >= 0.3 is 18.5 Å². The average molecular weight is 918 g/mol. The SMILES string of the molecule is Cc1cccc(C)c1Nc1cc(-c2ccc(Br)cc2)[n+](-c2c(C)cccc2C)c(/C=C/c2ccc(Br)cc2)[b-]1-c1c(C(F)(F)F)cc(C(F)(F)F)cc1C(F)(F)F. The summed E-state index contributed by atoms with van der Waals surface area (Å²) in [4.78, 5) is 0. The van der Waals surface area contributed by atoms with Gasteiger partial charge in [-0.3, -0.25) is 0 Å². The normalized spacial score (nSPS) is 12.4. The zero-order valence-corrected chi connectivity index (χ0v) is 33.8. The van der Waals surface area contributed by atoms with E-state index < -0.39 is 47.0 Å². The third-order valence-electron chi connectivity index (χ3n) is 9.68. The maximum Gasteiger partial charge on any atom is 0.416 e. The van der Waals surface area contributed by atoms with Crippen molar-refractivity contribution < 1.29 is 44.1 Å². The molecule has 0 atom stereocenters. The van der Waals surface area contributed by atoms with Gasteiger partial charge in [0.05, 0.1) is 5.56 Å². The van der Waals surface area contributed by atoms with Gasteiger partial charge in [-0.25, -0.2) is 0 Å². The minimum absolute atomic E-state index is 0.0831. The summed E-state index contributed by atoms with van der Waals surface area (Å²) in [7, 11) is 0. The summed E-state index contributed by atoms with van der Waals surface area (Å²) in [5.41, 5.74) is -2.90. The molecule has 0 fully saturated rings. The Balaban J connectivity index is 1.95. The van der Waals surface area contributed by atoms with Gasteiger partial charge in [-0.15, -0.1) is 5.58 Å². The van der Waals surface area contributed by atoms with Gasteiger partial charge in [-0.1, -0.05) is 86.5 Å². The van der Waals surface area contributed by atoms with Crippen LogP contribution in [0.25, 0.3) is 34.6 Å². The lowest BCUT2D eigenvalue weighted by atomic mass is 9.51. The van der Waals surface area contributed by atoms with E-state index in [2.05, 4.69) is 37.2 Å². The Hall–Kier alpha value is -4.69. The fraction of sp³-hybridized carbons (Fsp3) is 0.163. The van der Waals surface area contributed by atoms with E-state index in [0.29, 0.717) is 54.9 Å². The highest BCUT2D eigenvalue weighted by atomic mass is 79.9. The molecule has 1 heterocycles. The first-order valence-electron chi connectivity index (χ1n) is 17.4. The van der Waals surface area contributed by atoms with Gasteiger partial charge in [0.15, 0.2) is 0 Å². The monoisotopic (exact) mass is 916 g/mol. The minimum Gasteiger partial charge on any atom is -0.397 e. The second-order valence-electron chi connectivity index (χ2n) is 13.7. The molecule has 14 heteroatoms. The van der Waals surface area contributed by atoms with Crippen molar-refractivity contribution in [2.45, 2.75) is 46.2 Å². The van der Waals surface area contributed by atoms with Crippen molar-refractivity contribution in [2.24, 2.45) is 0 Å². The van der Waals surface area contributed by atoms with Crippen LogP contribution in [0.3, 0.4) is 0 Å². The number of aromatic nitrogens is 1. The highest BCUT2D eigenvalue weighted by molar-refractivity contribution is 9.10. The van der Waals surface area contributed by atoms with Crippen molar-refractivity contribution in [3.63, 3.8) is 0 Å². The quantitative estimate of drug-likeness (QED) is 0.125. The summed E-state index contributed by atoms with van der Waals surface area (Å²) in [5.74, 6) is 0. The van der Waals surface area contributed by atoms with Crippen LogP contribution in [-0.2, 0) is 18.5 Å². The first-order chi connectivity index (χ1) is 26.6. The molecule has 0 unspecified atom stereocenters. The molecule has 0 saturated carbocycles. The van der Waals surface area contributed by atoms with Crippen LogP contribution in [0.1, 0.15) is 50.1 Å². The van der Waals surface area contributed by atoms with Crippen LogP contribution in [-0.4, -0.2) is 6.34 Å². The second kappa shape index (κ2) is 15.9. The highest BCUT2D eigenvalue weighted by Crippen LogP contribution is 2.47. The molecule has 0 aliphatic rings. The summed E-state index contributed by atoms with van der Waals surface area (Å²) in [6.07, 6.45) is -15.8. The first-order valence-corrected chi connectivity index (χ1v) is 19.0. The van der Waals surface area contributed by atoms with Gasteiger partial charge in [0, 0.05) is 54.4 Å². The number of hydrogen-bond donors (Lipinski definition) is 1. The van der Waals surface area contributed by atoms with E-state index in [1.54, 1.807) is 123 Å². The van der Waals surface area contributed by atoms with E-state index in [1.807, 2.05) is 0 Å². The molecule has 0 radical (unpaired) electrons. The van der Waals surface area contributed by atoms with E-state index in [9.17, 15) is 13.2 Å². The van der Waals surface area contributed by atoms with E-state index in [1.165, 1.54) is 12.1 Å². The maximum atomic E-state index is 15.3. The highest BCUT2D eigenvalue weighted by Gasteiger charge is 2.43. The van der Waals surface area contributed by atoms with Gasteiger partial charge in [0.2, 0.25) is 11.4 Å². The number of aryl methyl sites for hydroxylation is 4. The molecule has 6 aromatic rings. The minimum atomic E-state index is -5.65. The van der Waals surface area contributed by atoms with Crippen LogP contribution in [0.2, 0.25) is 0 Å². The lowest BCUT2D eigenvalue weighted by molar-refractivity contribution is -0.583. The molecule has 0 saturated heterocycles. The lowest BCUT2D eigenvalue weighted by Gasteiger charge is -2.32. The summed E-state index contributed by atoms with van der Waals surface area (Å²) >= 11 is 6.82. The molecule has 1 aromatic heterocycles. The summed E-state index contributed by atoms with van der Waals surface area (Å²) in [6.45, 7) is 6.99. The first kappa shape index (κ1) is 41.9. The number of benzene rings is 5. The van der Waals surface area contributed by atoms with Crippen molar-refractivity contribution in [1.82, 2.24) is 0 Å². The molecular formula is C43H32BBr2F9N2. The number of hydrogen-bond acceptors (Lipinski definition) is 1. The van der Waals surface area contributed by atoms with Crippen molar-refractivity contribution in [3.8, 4) is 22.4 Å². The van der Waals surface area contributed by atoms with Crippen LogP contribution in [0.15, 0.2) is 112 Å². The Morgan fingerprint density at radius 3 is 1.53 bits per heavy atom. The number of halogens is 11. The van der Waals surface area contributed by atoms with E-state index in [0.717, 1.165) is 4.47 Å². The average Bonchev–Trinajstić information content (AvgIpc) is 3.12. The predicted molar refractivity (Wildman–Crippen MR) is 215 cm³/mol. The molecule has 5 aromatic carbocycles. The summed E-state index contributed by atoms with van der Waals surface area (Å²) < 4.78 is 138. The van der Waals surface area contributed by atoms with Crippen LogP contribution in [0, 0.1) is 27.7 Å². The molecule has 57 heavy (non-hydrogen) atoms. The van der Waals surface area contributed by atoms with E-state index in [-0.39, 0.29) is 23.3 Å².